The van der Waals surface area contributed by atoms with Gasteiger partial charge in [-0.25, -0.2) is 15.0 Å². The number of hydrogen-bond donors (Lipinski definition) is 0. The fourth-order valence-electron chi connectivity index (χ4n) is 10.1. The SMILES string of the molecule is c1ccc(-c2nc(-c3ccccc3)nc(-c3c4ccccc4c(-c4ccc5c(c4)oc4cccc(-c6c7ccccc7c(-c7ccccc7)c7ccccc67)c45)c4ccccc34)n2)cc1. The molecule has 0 spiro atoms. The molecule has 13 aromatic rings. The second-order valence-corrected chi connectivity index (χ2v) is 16.6. The molecule has 13 rings (SSSR count). The maximum Gasteiger partial charge on any atom is 0.165 e. The van der Waals surface area contributed by atoms with Crippen LogP contribution in [0.4, 0.5) is 0 Å². The zero-order valence-electron chi connectivity index (χ0n) is 35.1. The normalized spacial score (nSPS) is 11.7. The van der Waals surface area contributed by atoms with Crippen molar-refractivity contribution in [1.29, 1.82) is 0 Å². The predicted octanol–water partition coefficient (Wildman–Crippen LogP) is 16.4. The largest absolute Gasteiger partial charge is 0.456 e. The second kappa shape index (κ2) is 15.0. The van der Waals surface area contributed by atoms with Crippen molar-refractivity contribution in [3.8, 4) is 67.5 Å². The summed E-state index contributed by atoms with van der Waals surface area (Å²) < 4.78 is 6.89. The molecule has 4 heteroatoms. The first kappa shape index (κ1) is 36.9. The maximum atomic E-state index is 6.89. The molecule has 2 aromatic heterocycles. The van der Waals surface area contributed by atoms with Crippen molar-refractivity contribution in [1.82, 2.24) is 15.0 Å². The minimum Gasteiger partial charge on any atom is -0.456 e. The van der Waals surface area contributed by atoms with Crippen LogP contribution in [-0.4, -0.2) is 15.0 Å². The Bertz CT molecular complexity index is 3820. The lowest BCUT2D eigenvalue weighted by Crippen LogP contribution is -2.01. The fourth-order valence-corrected chi connectivity index (χ4v) is 10.1. The van der Waals surface area contributed by atoms with Gasteiger partial charge in [0.15, 0.2) is 17.5 Å². The Labute approximate surface area is 374 Å². The van der Waals surface area contributed by atoms with E-state index < -0.39 is 0 Å². The highest BCUT2D eigenvalue weighted by atomic mass is 16.3. The van der Waals surface area contributed by atoms with E-state index in [4.69, 9.17) is 19.4 Å². The van der Waals surface area contributed by atoms with Crippen LogP contribution >= 0.6 is 0 Å². The molecule has 0 saturated carbocycles. The van der Waals surface area contributed by atoms with E-state index in [9.17, 15) is 0 Å². The molecule has 4 nitrogen and oxygen atoms in total. The number of aromatic nitrogens is 3. The second-order valence-electron chi connectivity index (χ2n) is 16.6. The number of furan rings is 1. The van der Waals surface area contributed by atoms with E-state index in [1.807, 2.05) is 36.4 Å². The van der Waals surface area contributed by atoms with Crippen LogP contribution < -0.4 is 0 Å². The molecule has 0 bridgehead atoms. The molecule has 2 heterocycles. The number of rotatable bonds is 6. The van der Waals surface area contributed by atoms with Crippen molar-refractivity contribution < 1.29 is 4.42 Å². The van der Waals surface area contributed by atoms with Crippen LogP contribution in [0.25, 0.3) is 133 Å². The van der Waals surface area contributed by atoms with Gasteiger partial charge in [0, 0.05) is 27.5 Å². The summed E-state index contributed by atoms with van der Waals surface area (Å²) in [6.45, 7) is 0. The van der Waals surface area contributed by atoms with Gasteiger partial charge in [-0.05, 0) is 94.7 Å². The first-order valence-corrected chi connectivity index (χ1v) is 22.0. The summed E-state index contributed by atoms with van der Waals surface area (Å²) in [5.41, 5.74) is 11.6. The Kier molecular flexibility index (Phi) is 8.50. The summed E-state index contributed by atoms with van der Waals surface area (Å²) in [6.07, 6.45) is 0. The molecule has 302 valence electrons. The van der Waals surface area contributed by atoms with Gasteiger partial charge in [0.25, 0.3) is 0 Å². The molecule has 11 aromatic carbocycles. The Balaban J connectivity index is 1.03. The minimum atomic E-state index is 0.633. The molecule has 65 heavy (non-hydrogen) atoms. The van der Waals surface area contributed by atoms with Crippen molar-refractivity contribution in [2.24, 2.45) is 0 Å². The van der Waals surface area contributed by atoms with Gasteiger partial charge in [-0.2, -0.15) is 0 Å². The van der Waals surface area contributed by atoms with Crippen LogP contribution in [-0.2, 0) is 0 Å². The van der Waals surface area contributed by atoms with Crippen molar-refractivity contribution >= 4 is 65.0 Å². The van der Waals surface area contributed by atoms with Crippen molar-refractivity contribution in [3.63, 3.8) is 0 Å². The third-order valence-electron chi connectivity index (χ3n) is 12.9. The molecule has 0 fully saturated rings. The molecule has 0 amide bonds. The van der Waals surface area contributed by atoms with Crippen LogP contribution in [0.2, 0.25) is 0 Å². The lowest BCUT2D eigenvalue weighted by molar-refractivity contribution is 0.669. The van der Waals surface area contributed by atoms with E-state index >= 15 is 0 Å². The molecule has 0 aliphatic carbocycles. The summed E-state index contributed by atoms with van der Waals surface area (Å²) in [5.74, 6) is 1.90. The lowest BCUT2D eigenvalue weighted by Gasteiger charge is -2.18. The first-order chi connectivity index (χ1) is 32.3. The smallest absolute Gasteiger partial charge is 0.165 e. The van der Waals surface area contributed by atoms with E-state index in [0.29, 0.717) is 17.5 Å². The highest BCUT2D eigenvalue weighted by Crippen LogP contribution is 2.48. The van der Waals surface area contributed by atoms with E-state index in [1.54, 1.807) is 0 Å². The summed E-state index contributed by atoms with van der Waals surface area (Å²) in [6, 6.07) is 79.2. The minimum absolute atomic E-state index is 0.633. The Morgan fingerprint density at radius 1 is 0.246 bits per heavy atom. The monoisotopic (exact) mass is 827 g/mol. The predicted molar refractivity (Wildman–Crippen MR) is 270 cm³/mol. The van der Waals surface area contributed by atoms with Crippen molar-refractivity contribution in [2.45, 2.75) is 0 Å². The Morgan fingerprint density at radius 2 is 0.646 bits per heavy atom. The lowest BCUT2D eigenvalue weighted by atomic mass is 9.85. The van der Waals surface area contributed by atoms with Gasteiger partial charge in [-0.3, -0.25) is 0 Å². The molecule has 0 radical (unpaired) electrons. The van der Waals surface area contributed by atoms with Gasteiger partial charge in [-0.1, -0.05) is 206 Å². The summed E-state index contributed by atoms with van der Waals surface area (Å²) >= 11 is 0. The summed E-state index contributed by atoms with van der Waals surface area (Å²) in [5, 5.41) is 11.4. The number of nitrogens with zero attached hydrogens (tertiary/aromatic N) is 3. The average Bonchev–Trinajstić information content (AvgIpc) is 3.76. The Hall–Kier alpha value is -8.73. The average molecular weight is 828 g/mol. The fraction of sp³-hybridized carbons (Fsp3) is 0. The standard InChI is InChI=1S/C61H37N3O/c1-4-19-38(20-5-1)54-42-25-10-14-29-46(42)56(47-30-15-11-26-43(47)54)51-33-18-34-52-57(51)50-36-35-41(37-53(50)65-52)55-44-27-12-16-31-48(44)58(49-32-17-13-28-45(49)55)61-63-59(39-21-6-2-7-22-39)62-60(64-61)40-23-8-3-9-24-40/h1-37H. The van der Waals surface area contributed by atoms with Gasteiger partial charge in [0.1, 0.15) is 11.2 Å². The molecule has 0 aliphatic heterocycles. The van der Waals surface area contributed by atoms with E-state index in [1.165, 1.54) is 38.2 Å². The van der Waals surface area contributed by atoms with E-state index in [0.717, 1.165) is 76.9 Å². The van der Waals surface area contributed by atoms with Crippen molar-refractivity contribution in [2.75, 3.05) is 0 Å². The van der Waals surface area contributed by atoms with Gasteiger partial charge in [0.2, 0.25) is 0 Å². The number of hydrogen-bond acceptors (Lipinski definition) is 4. The first-order valence-electron chi connectivity index (χ1n) is 22.0. The van der Waals surface area contributed by atoms with E-state index in [-0.39, 0.29) is 0 Å². The van der Waals surface area contributed by atoms with E-state index in [2.05, 4.69) is 188 Å². The third kappa shape index (κ3) is 5.96. The molecule has 0 saturated heterocycles. The molecule has 0 atom stereocenters. The zero-order valence-corrected chi connectivity index (χ0v) is 35.1. The highest BCUT2D eigenvalue weighted by Gasteiger charge is 2.23. The number of fused-ring (bicyclic) bond motifs is 7. The number of benzene rings is 11. The van der Waals surface area contributed by atoms with Gasteiger partial charge >= 0.3 is 0 Å². The topological polar surface area (TPSA) is 51.8 Å². The van der Waals surface area contributed by atoms with Crippen LogP contribution in [0.3, 0.4) is 0 Å². The summed E-state index contributed by atoms with van der Waals surface area (Å²) in [7, 11) is 0. The maximum absolute atomic E-state index is 6.89. The quantitative estimate of drug-likeness (QED) is 0.157. The van der Waals surface area contributed by atoms with Gasteiger partial charge in [-0.15, -0.1) is 0 Å². The third-order valence-corrected chi connectivity index (χ3v) is 12.9. The van der Waals surface area contributed by atoms with Crippen LogP contribution in [0.5, 0.6) is 0 Å². The van der Waals surface area contributed by atoms with Crippen molar-refractivity contribution in [3.05, 3.63) is 224 Å². The van der Waals surface area contributed by atoms with Crippen LogP contribution in [0.1, 0.15) is 0 Å². The summed E-state index contributed by atoms with van der Waals surface area (Å²) in [4.78, 5) is 15.5. The van der Waals surface area contributed by atoms with Gasteiger partial charge in [0.05, 0.1) is 0 Å². The van der Waals surface area contributed by atoms with Crippen LogP contribution in [0.15, 0.2) is 229 Å². The zero-order chi connectivity index (χ0) is 42.8. The molecule has 0 unspecified atom stereocenters. The molecular weight excluding hydrogens is 791 g/mol. The highest BCUT2D eigenvalue weighted by molar-refractivity contribution is 6.26. The molecule has 0 N–H and O–H groups in total. The van der Waals surface area contributed by atoms with Crippen LogP contribution in [0, 0.1) is 0 Å². The molecule has 0 aliphatic rings. The van der Waals surface area contributed by atoms with Gasteiger partial charge < -0.3 is 4.42 Å². The molecular formula is C61H37N3O. The Morgan fingerprint density at radius 3 is 1.14 bits per heavy atom.